The topological polar surface area (TPSA) is 58.6 Å². The third-order valence-electron chi connectivity index (χ3n) is 4.77. The van der Waals surface area contributed by atoms with Crippen molar-refractivity contribution in [3.8, 4) is 5.75 Å². The SMILES string of the molecule is CCOc1ccccc1NC1=C(c2ccccc2)C(=O)N(c2cccc(Cl)c2Cl)C1=O. The van der Waals surface area contributed by atoms with Crippen molar-refractivity contribution >= 4 is 52.0 Å². The highest BCUT2D eigenvalue weighted by atomic mass is 35.5. The van der Waals surface area contributed by atoms with Gasteiger partial charge >= 0.3 is 0 Å². The minimum atomic E-state index is -0.528. The number of ether oxygens (including phenoxy) is 1. The first-order valence-electron chi connectivity index (χ1n) is 9.64. The summed E-state index contributed by atoms with van der Waals surface area (Å²) in [5, 5.41) is 3.51. The summed E-state index contributed by atoms with van der Waals surface area (Å²) in [7, 11) is 0. The van der Waals surface area contributed by atoms with Gasteiger partial charge in [-0.1, -0.05) is 71.7 Å². The number of nitrogens with one attached hydrogen (secondary N) is 1. The van der Waals surface area contributed by atoms with Crippen LogP contribution in [0.3, 0.4) is 0 Å². The Balaban J connectivity index is 1.85. The standard InChI is InChI=1S/C24H18Cl2N2O3/c1-2-31-19-14-7-6-12-17(19)27-22-20(15-9-4-3-5-10-15)23(29)28(24(22)30)18-13-8-11-16(25)21(18)26/h3-14,27H,2H2,1H3. The van der Waals surface area contributed by atoms with Crippen LogP contribution >= 0.6 is 23.2 Å². The molecule has 1 aliphatic rings. The molecule has 3 aromatic rings. The number of imide groups is 1. The number of para-hydroxylation sites is 2. The van der Waals surface area contributed by atoms with E-state index < -0.39 is 11.8 Å². The summed E-state index contributed by atoms with van der Waals surface area (Å²) in [5.41, 5.74) is 1.80. The van der Waals surface area contributed by atoms with Gasteiger partial charge in [0.15, 0.2) is 0 Å². The van der Waals surface area contributed by atoms with Crippen molar-refractivity contribution in [3.05, 3.63) is 94.1 Å². The summed E-state index contributed by atoms with van der Waals surface area (Å²) in [6.45, 7) is 2.33. The quantitative estimate of drug-likeness (QED) is 0.480. The van der Waals surface area contributed by atoms with E-state index in [1.54, 1.807) is 54.6 Å². The molecule has 0 bridgehead atoms. The van der Waals surface area contributed by atoms with Crippen LogP contribution in [0, 0.1) is 0 Å². The van der Waals surface area contributed by atoms with Gasteiger partial charge in [0.1, 0.15) is 11.4 Å². The number of carbonyl (C=O) groups is 2. The molecule has 0 aromatic heterocycles. The van der Waals surface area contributed by atoms with Crippen molar-refractivity contribution in [2.45, 2.75) is 6.92 Å². The largest absolute Gasteiger partial charge is 0.492 e. The van der Waals surface area contributed by atoms with Gasteiger partial charge in [0, 0.05) is 0 Å². The van der Waals surface area contributed by atoms with Crippen LogP contribution < -0.4 is 15.0 Å². The number of anilines is 2. The smallest absolute Gasteiger partial charge is 0.282 e. The first kappa shape index (κ1) is 21.0. The van der Waals surface area contributed by atoms with E-state index in [2.05, 4.69) is 5.32 Å². The van der Waals surface area contributed by atoms with Gasteiger partial charge in [0.25, 0.3) is 11.8 Å². The molecule has 0 fully saturated rings. The summed E-state index contributed by atoms with van der Waals surface area (Å²) in [5.74, 6) is -0.444. The van der Waals surface area contributed by atoms with E-state index in [0.717, 1.165) is 4.90 Å². The number of benzene rings is 3. The van der Waals surface area contributed by atoms with Gasteiger partial charge in [-0.25, -0.2) is 4.90 Å². The van der Waals surface area contributed by atoms with Crippen LogP contribution in [-0.2, 0) is 9.59 Å². The number of carbonyl (C=O) groups excluding carboxylic acids is 2. The highest BCUT2D eigenvalue weighted by Crippen LogP contribution is 2.39. The van der Waals surface area contributed by atoms with Crippen molar-refractivity contribution < 1.29 is 14.3 Å². The predicted molar refractivity (Wildman–Crippen MR) is 124 cm³/mol. The first-order chi connectivity index (χ1) is 15.0. The molecule has 0 saturated heterocycles. The van der Waals surface area contributed by atoms with Gasteiger partial charge in [-0.2, -0.15) is 0 Å². The predicted octanol–water partition coefficient (Wildman–Crippen LogP) is 5.79. The molecule has 0 unspecified atom stereocenters. The monoisotopic (exact) mass is 452 g/mol. The van der Waals surface area contributed by atoms with E-state index in [9.17, 15) is 9.59 Å². The Labute approximate surface area is 189 Å². The van der Waals surface area contributed by atoms with Crippen molar-refractivity contribution in [1.29, 1.82) is 0 Å². The van der Waals surface area contributed by atoms with Crippen LogP contribution in [0.1, 0.15) is 12.5 Å². The minimum absolute atomic E-state index is 0.134. The third-order valence-corrected chi connectivity index (χ3v) is 5.57. The first-order valence-corrected chi connectivity index (χ1v) is 10.4. The number of nitrogens with zero attached hydrogens (tertiary/aromatic N) is 1. The van der Waals surface area contributed by atoms with Gasteiger partial charge in [-0.15, -0.1) is 0 Å². The summed E-state index contributed by atoms with van der Waals surface area (Å²) in [4.78, 5) is 28.0. The summed E-state index contributed by atoms with van der Waals surface area (Å²) in [6, 6.07) is 21.1. The second kappa shape index (κ2) is 8.84. The van der Waals surface area contributed by atoms with Crippen LogP contribution in [0.4, 0.5) is 11.4 Å². The third kappa shape index (κ3) is 3.90. The van der Waals surface area contributed by atoms with E-state index in [1.165, 1.54) is 0 Å². The Hall–Kier alpha value is -3.28. The molecule has 1 heterocycles. The van der Waals surface area contributed by atoms with Gasteiger partial charge in [-0.05, 0) is 36.8 Å². The summed E-state index contributed by atoms with van der Waals surface area (Å²) < 4.78 is 5.66. The van der Waals surface area contributed by atoms with E-state index in [1.807, 2.05) is 25.1 Å². The summed E-state index contributed by atoms with van der Waals surface area (Å²) in [6.07, 6.45) is 0. The fourth-order valence-corrected chi connectivity index (χ4v) is 3.77. The van der Waals surface area contributed by atoms with Gasteiger partial charge < -0.3 is 10.1 Å². The maximum Gasteiger partial charge on any atom is 0.282 e. The Morgan fingerprint density at radius 3 is 2.32 bits per heavy atom. The number of amides is 2. The van der Waals surface area contributed by atoms with Gasteiger partial charge in [0.2, 0.25) is 0 Å². The van der Waals surface area contributed by atoms with E-state index in [0.29, 0.717) is 23.6 Å². The van der Waals surface area contributed by atoms with E-state index in [4.69, 9.17) is 27.9 Å². The Bertz CT molecular complexity index is 1190. The van der Waals surface area contributed by atoms with Crippen molar-refractivity contribution in [2.24, 2.45) is 0 Å². The average molecular weight is 453 g/mol. The lowest BCUT2D eigenvalue weighted by atomic mass is 10.0. The van der Waals surface area contributed by atoms with E-state index >= 15 is 0 Å². The van der Waals surface area contributed by atoms with Crippen LogP contribution in [0.2, 0.25) is 10.0 Å². The van der Waals surface area contributed by atoms with Crippen molar-refractivity contribution in [3.63, 3.8) is 0 Å². The molecule has 4 rings (SSSR count). The average Bonchev–Trinajstić information content (AvgIpc) is 3.02. The highest BCUT2D eigenvalue weighted by Gasteiger charge is 2.41. The molecule has 0 aliphatic carbocycles. The molecule has 0 atom stereocenters. The van der Waals surface area contributed by atoms with Crippen LogP contribution in [0.15, 0.2) is 78.5 Å². The molecular formula is C24H18Cl2N2O3. The molecule has 31 heavy (non-hydrogen) atoms. The van der Waals surface area contributed by atoms with Crippen LogP contribution in [0.25, 0.3) is 5.57 Å². The Morgan fingerprint density at radius 2 is 1.58 bits per heavy atom. The number of hydrogen-bond acceptors (Lipinski definition) is 4. The zero-order valence-electron chi connectivity index (χ0n) is 16.6. The molecule has 2 amide bonds. The molecule has 5 nitrogen and oxygen atoms in total. The second-order valence-corrected chi connectivity index (χ2v) is 7.47. The zero-order valence-corrected chi connectivity index (χ0v) is 18.1. The Morgan fingerprint density at radius 1 is 0.871 bits per heavy atom. The van der Waals surface area contributed by atoms with Gasteiger partial charge in [-0.3, -0.25) is 9.59 Å². The van der Waals surface area contributed by atoms with Crippen LogP contribution in [0.5, 0.6) is 5.75 Å². The zero-order chi connectivity index (χ0) is 22.0. The molecule has 0 saturated carbocycles. The normalized spacial score (nSPS) is 13.7. The molecular weight excluding hydrogens is 435 g/mol. The lowest BCUT2D eigenvalue weighted by Gasteiger charge is -2.18. The van der Waals surface area contributed by atoms with Crippen molar-refractivity contribution in [2.75, 3.05) is 16.8 Å². The lowest BCUT2D eigenvalue weighted by molar-refractivity contribution is -0.120. The lowest BCUT2D eigenvalue weighted by Crippen LogP contribution is -2.32. The summed E-state index contributed by atoms with van der Waals surface area (Å²) >= 11 is 12.5. The number of halogens is 2. The molecule has 0 spiro atoms. The molecule has 3 aromatic carbocycles. The maximum absolute atomic E-state index is 13.5. The second-order valence-electron chi connectivity index (χ2n) is 6.69. The fraction of sp³-hybridized carbons (Fsp3) is 0.0833. The molecule has 1 aliphatic heterocycles. The molecule has 1 N–H and O–H groups in total. The minimum Gasteiger partial charge on any atom is -0.492 e. The fourth-order valence-electron chi connectivity index (χ4n) is 3.39. The maximum atomic E-state index is 13.5. The van der Waals surface area contributed by atoms with Crippen molar-refractivity contribution in [1.82, 2.24) is 0 Å². The molecule has 7 heteroatoms. The number of hydrogen-bond donors (Lipinski definition) is 1. The molecule has 156 valence electrons. The van der Waals surface area contributed by atoms with Crippen LogP contribution in [-0.4, -0.2) is 18.4 Å². The Kier molecular flexibility index (Phi) is 5.98. The van der Waals surface area contributed by atoms with E-state index in [-0.39, 0.29) is 27.0 Å². The highest BCUT2D eigenvalue weighted by molar-refractivity contribution is 6.50. The van der Waals surface area contributed by atoms with Gasteiger partial charge in [0.05, 0.1) is 33.6 Å². The number of rotatable bonds is 6. The molecule has 0 radical (unpaired) electrons.